The highest BCUT2D eigenvalue weighted by Gasteiger charge is 2.25. The molecule has 1 unspecified atom stereocenters. The smallest absolute Gasteiger partial charge is 0.282 e. The number of quaternary nitrogens is 1. The summed E-state index contributed by atoms with van der Waals surface area (Å²) in [6.45, 7) is 6.25. The van der Waals surface area contributed by atoms with Gasteiger partial charge in [-0.3, -0.25) is 9.59 Å². The Bertz CT molecular complexity index is 825. The fourth-order valence-corrected chi connectivity index (χ4v) is 3.07. The van der Waals surface area contributed by atoms with Gasteiger partial charge in [-0.15, -0.1) is 0 Å². The van der Waals surface area contributed by atoms with Crippen molar-refractivity contribution in [2.75, 3.05) is 24.2 Å². The van der Waals surface area contributed by atoms with Crippen molar-refractivity contribution in [3.8, 4) is 0 Å². The van der Waals surface area contributed by atoms with E-state index < -0.39 is 0 Å². The molecule has 0 radical (unpaired) electrons. The van der Waals surface area contributed by atoms with Gasteiger partial charge in [0.05, 0.1) is 17.8 Å². The van der Waals surface area contributed by atoms with Crippen molar-refractivity contribution >= 4 is 34.8 Å². The Kier molecular flexibility index (Phi) is 8.03. The standard InChI is InChI=1S/C22H28ClN3O2/c1-5-15(2)17-10-6-8-12-19(17)25-22(28)16(3)26(4)14-21(27)24-20-13-9-7-11-18(20)23/h6-13,15-16H,5,14H2,1-4H3,(H,24,27)(H,25,28)/p+1/t15-,16+/m0/s1. The molecule has 3 N–H and O–H groups in total. The van der Waals surface area contributed by atoms with E-state index >= 15 is 0 Å². The number of likely N-dealkylation sites (N-methyl/N-ethyl adjacent to an activating group) is 1. The second-order valence-electron chi connectivity index (χ2n) is 7.16. The zero-order chi connectivity index (χ0) is 20.7. The first-order valence-electron chi connectivity index (χ1n) is 9.60. The van der Waals surface area contributed by atoms with E-state index in [1.807, 2.05) is 44.3 Å². The van der Waals surface area contributed by atoms with Crippen LogP contribution in [0, 0.1) is 0 Å². The van der Waals surface area contributed by atoms with Crippen LogP contribution in [0.3, 0.4) is 0 Å². The Balaban J connectivity index is 1.97. The number of carbonyl (C=O) groups is 2. The quantitative estimate of drug-likeness (QED) is 0.634. The summed E-state index contributed by atoms with van der Waals surface area (Å²) in [5.41, 5.74) is 2.53. The van der Waals surface area contributed by atoms with Crippen LogP contribution < -0.4 is 15.5 Å². The van der Waals surface area contributed by atoms with Gasteiger partial charge in [-0.2, -0.15) is 0 Å². The van der Waals surface area contributed by atoms with Crippen LogP contribution in [-0.4, -0.2) is 31.4 Å². The molecule has 2 aromatic carbocycles. The number of para-hydroxylation sites is 2. The van der Waals surface area contributed by atoms with Crippen LogP contribution in [0.1, 0.15) is 38.7 Å². The van der Waals surface area contributed by atoms with Crippen LogP contribution in [-0.2, 0) is 9.59 Å². The molecular weight excluding hydrogens is 374 g/mol. The number of hydrogen-bond acceptors (Lipinski definition) is 2. The molecule has 28 heavy (non-hydrogen) atoms. The van der Waals surface area contributed by atoms with Gasteiger partial charge >= 0.3 is 0 Å². The Labute approximate surface area is 172 Å². The number of anilines is 2. The summed E-state index contributed by atoms with van der Waals surface area (Å²) in [7, 11) is 1.83. The predicted octanol–water partition coefficient (Wildman–Crippen LogP) is 3.33. The minimum atomic E-state index is -0.387. The fourth-order valence-electron chi connectivity index (χ4n) is 2.89. The monoisotopic (exact) mass is 402 g/mol. The lowest BCUT2D eigenvalue weighted by Gasteiger charge is -2.22. The first-order valence-corrected chi connectivity index (χ1v) is 9.97. The topological polar surface area (TPSA) is 62.6 Å². The largest absolute Gasteiger partial charge is 0.321 e. The van der Waals surface area contributed by atoms with Crippen molar-refractivity contribution in [1.82, 2.24) is 0 Å². The first-order chi connectivity index (χ1) is 13.3. The summed E-state index contributed by atoms with van der Waals surface area (Å²) in [6, 6.07) is 14.6. The van der Waals surface area contributed by atoms with Crippen molar-refractivity contribution in [1.29, 1.82) is 0 Å². The van der Waals surface area contributed by atoms with E-state index in [0.717, 1.165) is 22.6 Å². The lowest BCUT2D eigenvalue weighted by molar-refractivity contribution is -0.885. The molecule has 0 aliphatic carbocycles. The SMILES string of the molecule is CC[C@H](C)c1ccccc1NC(=O)[C@@H](C)[NH+](C)CC(=O)Nc1ccccc1Cl. The normalized spacial score (nSPS) is 14.0. The van der Waals surface area contributed by atoms with E-state index in [9.17, 15) is 9.59 Å². The molecule has 2 amide bonds. The Morgan fingerprint density at radius 3 is 2.25 bits per heavy atom. The second-order valence-corrected chi connectivity index (χ2v) is 7.57. The van der Waals surface area contributed by atoms with E-state index in [2.05, 4.69) is 24.5 Å². The third-order valence-corrected chi connectivity index (χ3v) is 5.41. The Morgan fingerprint density at radius 1 is 1.00 bits per heavy atom. The highest BCUT2D eigenvalue weighted by atomic mass is 35.5. The molecule has 0 fully saturated rings. The number of nitrogens with one attached hydrogen (secondary N) is 3. The summed E-state index contributed by atoms with van der Waals surface area (Å²) in [5.74, 6) is 0.0577. The van der Waals surface area contributed by atoms with Crippen LogP contribution in [0.5, 0.6) is 0 Å². The Morgan fingerprint density at radius 2 is 1.61 bits per heavy atom. The van der Waals surface area contributed by atoms with Gasteiger partial charge in [-0.25, -0.2) is 0 Å². The fraction of sp³-hybridized carbons (Fsp3) is 0.364. The molecule has 0 spiro atoms. The van der Waals surface area contributed by atoms with Gasteiger partial charge in [0, 0.05) is 5.69 Å². The molecule has 0 aliphatic heterocycles. The van der Waals surface area contributed by atoms with Crippen LogP contribution in [0.15, 0.2) is 48.5 Å². The van der Waals surface area contributed by atoms with Crippen LogP contribution in [0.4, 0.5) is 11.4 Å². The van der Waals surface area contributed by atoms with E-state index in [1.54, 1.807) is 18.2 Å². The molecule has 0 aromatic heterocycles. The highest BCUT2D eigenvalue weighted by molar-refractivity contribution is 6.33. The molecule has 2 aromatic rings. The average Bonchev–Trinajstić information content (AvgIpc) is 2.68. The van der Waals surface area contributed by atoms with E-state index in [0.29, 0.717) is 16.6 Å². The van der Waals surface area contributed by atoms with Gasteiger partial charge in [0.1, 0.15) is 0 Å². The lowest BCUT2D eigenvalue weighted by Crippen LogP contribution is -3.14. The van der Waals surface area contributed by atoms with Crippen LogP contribution >= 0.6 is 11.6 Å². The van der Waals surface area contributed by atoms with Crippen LogP contribution in [0.2, 0.25) is 5.02 Å². The molecule has 3 atom stereocenters. The average molecular weight is 403 g/mol. The Hall–Kier alpha value is -2.37. The zero-order valence-corrected chi connectivity index (χ0v) is 17.6. The van der Waals surface area contributed by atoms with Gasteiger partial charge in [0.2, 0.25) is 0 Å². The van der Waals surface area contributed by atoms with Gasteiger partial charge in [-0.05, 0) is 43.0 Å². The van der Waals surface area contributed by atoms with Crippen molar-refractivity contribution in [2.45, 2.75) is 39.2 Å². The molecule has 0 bridgehead atoms. The van der Waals surface area contributed by atoms with E-state index in [4.69, 9.17) is 11.6 Å². The lowest BCUT2D eigenvalue weighted by atomic mass is 9.97. The van der Waals surface area contributed by atoms with Crippen molar-refractivity contribution < 1.29 is 14.5 Å². The second kappa shape index (κ2) is 10.2. The molecule has 0 aliphatic rings. The molecule has 0 saturated heterocycles. The maximum absolute atomic E-state index is 12.7. The minimum absolute atomic E-state index is 0.112. The third-order valence-electron chi connectivity index (χ3n) is 5.08. The number of amides is 2. The summed E-state index contributed by atoms with van der Waals surface area (Å²) in [4.78, 5) is 25.8. The number of benzene rings is 2. The summed E-state index contributed by atoms with van der Waals surface area (Å²) >= 11 is 6.07. The van der Waals surface area contributed by atoms with Gasteiger partial charge in [-0.1, -0.05) is 55.8 Å². The maximum atomic E-state index is 12.7. The summed E-state index contributed by atoms with van der Waals surface area (Å²) < 4.78 is 0. The summed E-state index contributed by atoms with van der Waals surface area (Å²) in [5, 5.41) is 6.31. The van der Waals surface area contributed by atoms with Gasteiger partial charge < -0.3 is 15.5 Å². The third kappa shape index (κ3) is 5.81. The van der Waals surface area contributed by atoms with Gasteiger partial charge in [0.25, 0.3) is 11.8 Å². The van der Waals surface area contributed by atoms with Gasteiger partial charge in [0.15, 0.2) is 12.6 Å². The van der Waals surface area contributed by atoms with Crippen LogP contribution in [0.25, 0.3) is 0 Å². The molecule has 0 saturated carbocycles. The molecule has 6 heteroatoms. The highest BCUT2D eigenvalue weighted by Crippen LogP contribution is 2.26. The maximum Gasteiger partial charge on any atom is 0.282 e. The zero-order valence-electron chi connectivity index (χ0n) is 16.9. The molecule has 2 rings (SSSR count). The number of halogens is 1. The van der Waals surface area contributed by atoms with Crippen molar-refractivity contribution in [3.63, 3.8) is 0 Å². The first kappa shape index (κ1) is 21.9. The molecule has 150 valence electrons. The predicted molar refractivity (Wildman–Crippen MR) is 115 cm³/mol. The van der Waals surface area contributed by atoms with Crippen molar-refractivity contribution in [2.24, 2.45) is 0 Å². The minimum Gasteiger partial charge on any atom is -0.321 e. The van der Waals surface area contributed by atoms with E-state index in [-0.39, 0.29) is 24.4 Å². The number of hydrogen-bond donors (Lipinski definition) is 3. The molecule has 0 heterocycles. The number of rotatable bonds is 8. The van der Waals surface area contributed by atoms with E-state index in [1.165, 1.54) is 0 Å². The molecular formula is C22H29ClN3O2+. The number of carbonyl (C=O) groups excluding carboxylic acids is 2. The summed E-state index contributed by atoms with van der Waals surface area (Å²) in [6.07, 6.45) is 0.996. The molecule has 5 nitrogen and oxygen atoms in total. The van der Waals surface area contributed by atoms with Crippen molar-refractivity contribution in [3.05, 3.63) is 59.1 Å².